The average molecular weight is 626 g/mol. The predicted molar refractivity (Wildman–Crippen MR) is 161 cm³/mol. The molecule has 5 rings (SSSR count). The third-order valence-electron chi connectivity index (χ3n) is 6.74. The van der Waals surface area contributed by atoms with Gasteiger partial charge in [0.15, 0.2) is 6.10 Å². The van der Waals surface area contributed by atoms with Gasteiger partial charge in [0.1, 0.15) is 23.7 Å². The zero-order valence-corrected chi connectivity index (χ0v) is 24.6. The number of anilines is 1. The molecule has 1 saturated heterocycles. The second-order valence-corrected chi connectivity index (χ2v) is 10.4. The number of nitrogens with zero attached hydrogens (tertiary/aromatic N) is 4. The van der Waals surface area contributed by atoms with Gasteiger partial charge in [0.2, 0.25) is 5.95 Å². The van der Waals surface area contributed by atoms with Crippen molar-refractivity contribution >= 4 is 29.4 Å². The second-order valence-electron chi connectivity index (χ2n) is 10.0. The van der Waals surface area contributed by atoms with Crippen LogP contribution in [0.15, 0.2) is 67.3 Å². The first-order valence-corrected chi connectivity index (χ1v) is 14.2. The Labute approximate surface area is 258 Å². The molecule has 0 aliphatic carbocycles. The first-order valence-electron chi connectivity index (χ1n) is 13.8. The number of carbonyl (C=O) groups is 2. The van der Waals surface area contributed by atoms with Gasteiger partial charge in [-0.1, -0.05) is 41.9 Å². The maximum absolute atomic E-state index is 13.7. The molecule has 44 heavy (non-hydrogen) atoms. The summed E-state index contributed by atoms with van der Waals surface area (Å²) in [4.78, 5) is 36.2. The molecule has 0 radical (unpaired) electrons. The normalized spacial score (nSPS) is 14.6. The van der Waals surface area contributed by atoms with Crippen LogP contribution in [-0.4, -0.2) is 67.4 Å². The van der Waals surface area contributed by atoms with Crippen LogP contribution in [0.1, 0.15) is 52.2 Å². The Kier molecular flexibility index (Phi) is 11.3. The van der Waals surface area contributed by atoms with Gasteiger partial charge in [0, 0.05) is 48.8 Å². The Bertz CT molecular complexity index is 1550. The number of aromatic nitrogens is 4. The number of carbonyl (C=O) groups excluding carboxylic acids is 1. The highest BCUT2D eigenvalue weighted by Crippen LogP contribution is 2.21. The van der Waals surface area contributed by atoms with Crippen molar-refractivity contribution in [3.8, 4) is 5.82 Å². The van der Waals surface area contributed by atoms with E-state index < -0.39 is 29.8 Å². The lowest BCUT2D eigenvalue weighted by Crippen LogP contribution is -2.33. The maximum atomic E-state index is 13.7. The quantitative estimate of drug-likeness (QED) is 0.185. The summed E-state index contributed by atoms with van der Waals surface area (Å²) < 4.78 is 20.8. The standard InChI is InChI=1S/C22H25ClFN7O2.C8H8O3/c1-13-10-26-22(28-17-2-4-33-5-3-17)30-20(13)31-11-19(27-12-31)21(32)29-18(9-25)14-6-15(23)8-16(24)7-14;9-7(8(10)11)6-4-2-1-3-5-6/h6-8,10-12,17-18H,2-5,9,25H2,1H3,(H,29,32)(H,26,28,30);1-5,7,9H,(H,10,11)/t18-;/m1./s1. The summed E-state index contributed by atoms with van der Waals surface area (Å²) in [6.07, 6.45) is 5.19. The predicted octanol–water partition coefficient (Wildman–Crippen LogP) is 3.59. The zero-order valence-electron chi connectivity index (χ0n) is 23.9. The lowest BCUT2D eigenvalue weighted by Gasteiger charge is -2.23. The Hall–Kier alpha value is -4.43. The first-order chi connectivity index (χ1) is 21.1. The van der Waals surface area contributed by atoms with Crippen molar-refractivity contribution in [1.29, 1.82) is 0 Å². The molecule has 0 spiro atoms. The van der Waals surface area contributed by atoms with E-state index in [0.29, 0.717) is 36.1 Å². The number of aliphatic carboxylic acids is 1. The number of hydrogen-bond donors (Lipinski definition) is 5. The lowest BCUT2D eigenvalue weighted by atomic mass is 10.1. The Morgan fingerprint density at radius 2 is 1.89 bits per heavy atom. The van der Waals surface area contributed by atoms with Gasteiger partial charge < -0.3 is 31.3 Å². The summed E-state index contributed by atoms with van der Waals surface area (Å²) in [5, 5.41) is 23.7. The van der Waals surface area contributed by atoms with E-state index in [-0.39, 0.29) is 23.3 Å². The molecule has 0 saturated carbocycles. The minimum absolute atomic E-state index is 0.0679. The summed E-state index contributed by atoms with van der Waals surface area (Å²) in [6, 6.07) is 11.9. The van der Waals surface area contributed by atoms with Crippen molar-refractivity contribution in [2.24, 2.45) is 5.73 Å². The van der Waals surface area contributed by atoms with Gasteiger partial charge in [-0.15, -0.1) is 0 Å². The molecule has 2 aromatic carbocycles. The number of halogens is 2. The number of ether oxygens (including phenoxy) is 1. The van der Waals surface area contributed by atoms with E-state index in [2.05, 4.69) is 25.6 Å². The lowest BCUT2D eigenvalue weighted by molar-refractivity contribution is -0.146. The number of aliphatic hydroxyl groups is 1. The molecule has 6 N–H and O–H groups in total. The minimum atomic E-state index is -1.41. The Morgan fingerprint density at radius 3 is 2.55 bits per heavy atom. The Balaban J connectivity index is 0.000000339. The number of hydrogen-bond acceptors (Lipinski definition) is 9. The van der Waals surface area contributed by atoms with Crippen LogP contribution in [0, 0.1) is 12.7 Å². The number of rotatable bonds is 9. The molecule has 14 heteroatoms. The number of nitrogens with two attached hydrogens (primary N) is 1. The van der Waals surface area contributed by atoms with E-state index in [1.165, 1.54) is 18.5 Å². The summed E-state index contributed by atoms with van der Waals surface area (Å²) in [7, 11) is 0. The first kappa shape index (κ1) is 32.5. The summed E-state index contributed by atoms with van der Waals surface area (Å²) >= 11 is 5.93. The van der Waals surface area contributed by atoms with E-state index >= 15 is 0 Å². The molecule has 3 heterocycles. The molecular weight excluding hydrogens is 593 g/mol. The molecule has 1 aliphatic heterocycles. The Morgan fingerprint density at radius 1 is 1.16 bits per heavy atom. The fraction of sp³-hybridized carbons (Fsp3) is 0.300. The monoisotopic (exact) mass is 625 g/mol. The molecule has 1 unspecified atom stereocenters. The van der Waals surface area contributed by atoms with Crippen LogP contribution in [0.4, 0.5) is 10.3 Å². The van der Waals surface area contributed by atoms with Crippen LogP contribution in [0.2, 0.25) is 5.02 Å². The number of nitrogens with one attached hydrogen (secondary N) is 2. The third kappa shape index (κ3) is 8.80. The highest BCUT2D eigenvalue weighted by Gasteiger charge is 2.20. The highest BCUT2D eigenvalue weighted by molar-refractivity contribution is 6.30. The highest BCUT2D eigenvalue weighted by atomic mass is 35.5. The summed E-state index contributed by atoms with van der Waals surface area (Å²) in [5.74, 6) is -1.06. The van der Waals surface area contributed by atoms with Gasteiger partial charge >= 0.3 is 5.97 Å². The van der Waals surface area contributed by atoms with Gasteiger partial charge in [0.05, 0.1) is 6.04 Å². The molecule has 1 fully saturated rings. The molecule has 2 atom stereocenters. The number of imidazole rings is 1. The van der Waals surface area contributed by atoms with Crippen LogP contribution in [0.3, 0.4) is 0 Å². The van der Waals surface area contributed by atoms with Crippen LogP contribution in [0.25, 0.3) is 5.82 Å². The second kappa shape index (κ2) is 15.3. The van der Waals surface area contributed by atoms with Crippen molar-refractivity contribution in [2.75, 3.05) is 25.1 Å². The molecule has 12 nitrogen and oxygen atoms in total. The van der Waals surface area contributed by atoms with Crippen molar-refractivity contribution in [1.82, 2.24) is 24.8 Å². The summed E-state index contributed by atoms with van der Waals surface area (Å²) in [5.41, 5.74) is 7.68. The van der Waals surface area contributed by atoms with Crippen LogP contribution >= 0.6 is 11.6 Å². The van der Waals surface area contributed by atoms with E-state index in [0.717, 1.165) is 18.4 Å². The van der Waals surface area contributed by atoms with Crippen LogP contribution in [0.5, 0.6) is 0 Å². The van der Waals surface area contributed by atoms with Crippen LogP contribution < -0.4 is 16.4 Å². The van der Waals surface area contributed by atoms with Gasteiger partial charge in [-0.05, 0) is 49.1 Å². The molecule has 0 bridgehead atoms. The van der Waals surface area contributed by atoms with Crippen molar-refractivity contribution in [3.63, 3.8) is 0 Å². The molecule has 2 aromatic heterocycles. The molecular formula is C30H33ClFN7O5. The fourth-order valence-corrected chi connectivity index (χ4v) is 4.64. The van der Waals surface area contributed by atoms with Gasteiger partial charge in [-0.2, -0.15) is 4.98 Å². The number of carboxylic acid groups (broad SMARTS) is 1. The van der Waals surface area contributed by atoms with E-state index in [1.54, 1.807) is 53.4 Å². The molecule has 1 amide bonds. The van der Waals surface area contributed by atoms with E-state index in [4.69, 9.17) is 32.3 Å². The van der Waals surface area contributed by atoms with Crippen molar-refractivity contribution in [3.05, 3.63) is 100 Å². The molecule has 1 aliphatic rings. The maximum Gasteiger partial charge on any atom is 0.337 e. The topological polar surface area (TPSA) is 178 Å². The molecule has 232 valence electrons. The van der Waals surface area contributed by atoms with E-state index in [1.807, 2.05) is 6.92 Å². The van der Waals surface area contributed by atoms with Crippen molar-refractivity contribution in [2.45, 2.75) is 38.0 Å². The summed E-state index contributed by atoms with van der Waals surface area (Å²) in [6.45, 7) is 3.37. The number of carboxylic acids is 1. The fourth-order valence-electron chi connectivity index (χ4n) is 4.41. The SMILES string of the molecule is Cc1cnc(NC2CCOCC2)nc1-n1cnc(C(=O)N[C@H](CN)c2cc(F)cc(Cl)c2)c1.O=C(O)C(O)c1ccccc1. The third-order valence-corrected chi connectivity index (χ3v) is 6.96. The largest absolute Gasteiger partial charge is 0.479 e. The number of aliphatic hydroxyl groups excluding tert-OH is 1. The van der Waals surface area contributed by atoms with E-state index in [9.17, 15) is 14.0 Å². The zero-order chi connectivity index (χ0) is 31.6. The van der Waals surface area contributed by atoms with Gasteiger partial charge in [0.25, 0.3) is 5.91 Å². The van der Waals surface area contributed by atoms with Gasteiger partial charge in [-0.3, -0.25) is 9.36 Å². The van der Waals surface area contributed by atoms with Crippen molar-refractivity contribution < 1.29 is 28.9 Å². The van der Waals surface area contributed by atoms with Gasteiger partial charge in [-0.25, -0.2) is 19.2 Å². The number of benzene rings is 2. The van der Waals surface area contributed by atoms with Crippen LogP contribution in [-0.2, 0) is 9.53 Å². The smallest absolute Gasteiger partial charge is 0.337 e. The minimum Gasteiger partial charge on any atom is -0.479 e. The number of aryl methyl sites for hydroxylation is 1. The average Bonchev–Trinajstić information content (AvgIpc) is 3.51. The number of amides is 1. The molecule has 4 aromatic rings.